The van der Waals surface area contributed by atoms with Crippen molar-refractivity contribution >= 4 is 23.6 Å². The Balaban J connectivity index is 1.67. The number of hydrogen-bond donors (Lipinski definition) is 2. The van der Waals surface area contributed by atoms with Gasteiger partial charge in [-0.1, -0.05) is 23.7 Å². The van der Waals surface area contributed by atoms with Crippen LogP contribution in [0.2, 0.25) is 5.02 Å². The van der Waals surface area contributed by atoms with Gasteiger partial charge in [0.25, 0.3) is 0 Å². The van der Waals surface area contributed by atoms with Gasteiger partial charge in [0.05, 0.1) is 19.0 Å². The molecule has 1 aliphatic heterocycles. The van der Waals surface area contributed by atoms with E-state index in [0.717, 1.165) is 29.7 Å². The zero-order valence-electron chi connectivity index (χ0n) is 14.5. The highest BCUT2D eigenvalue weighted by molar-refractivity contribution is 6.30. The van der Waals surface area contributed by atoms with E-state index in [9.17, 15) is 9.59 Å². The number of rotatable bonds is 4. The van der Waals surface area contributed by atoms with Crippen LogP contribution in [0.3, 0.4) is 0 Å². The molecule has 3 rings (SSSR count). The number of aromatic amines is 1. The number of carbonyl (C=O) groups excluding carboxylic acids is 2. The zero-order valence-corrected chi connectivity index (χ0v) is 15.3. The second-order valence-corrected chi connectivity index (χ2v) is 6.61. The van der Waals surface area contributed by atoms with E-state index in [0.29, 0.717) is 24.5 Å². The van der Waals surface area contributed by atoms with Gasteiger partial charge in [0.1, 0.15) is 6.04 Å². The topological polar surface area (TPSA) is 87.3 Å². The molecule has 7 nitrogen and oxygen atoms in total. The highest BCUT2D eigenvalue weighted by Gasteiger charge is 2.32. The van der Waals surface area contributed by atoms with E-state index in [2.05, 4.69) is 15.5 Å². The number of nitrogens with one attached hydrogen (secondary N) is 2. The van der Waals surface area contributed by atoms with Gasteiger partial charge < -0.3 is 10.1 Å². The van der Waals surface area contributed by atoms with E-state index in [1.165, 1.54) is 12.0 Å². The van der Waals surface area contributed by atoms with Crippen molar-refractivity contribution in [3.05, 3.63) is 41.0 Å². The number of hydrogen-bond acceptors (Lipinski definition) is 4. The van der Waals surface area contributed by atoms with Gasteiger partial charge in [0.15, 0.2) is 0 Å². The third-order valence-corrected chi connectivity index (χ3v) is 4.77. The fourth-order valence-corrected chi connectivity index (χ4v) is 3.28. The molecule has 1 saturated heterocycles. The number of H-pyrrole nitrogens is 1. The van der Waals surface area contributed by atoms with E-state index >= 15 is 0 Å². The lowest BCUT2D eigenvalue weighted by Gasteiger charge is -2.33. The van der Waals surface area contributed by atoms with Gasteiger partial charge in [0.2, 0.25) is 5.91 Å². The number of halogens is 1. The van der Waals surface area contributed by atoms with Crippen molar-refractivity contribution in [2.24, 2.45) is 0 Å². The third-order valence-electron chi connectivity index (χ3n) is 4.52. The van der Waals surface area contributed by atoms with E-state index in [4.69, 9.17) is 16.3 Å². The molecule has 8 heteroatoms. The number of nitrogens with zero attached hydrogens (tertiary/aromatic N) is 2. The number of carbonyl (C=O) groups is 2. The van der Waals surface area contributed by atoms with Gasteiger partial charge in [-0.05, 0) is 37.0 Å². The molecule has 26 heavy (non-hydrogen) atoms. The third kappa shape index (κ3) is 3.99. The zero-order chi connectivity index (χ0) is 18.5. The molecule has 2 amide bonds. The molecule has 0 bridgehead atoms. The molecule has 0 radical (unpaired) electrons. The second-order valence-electron chi connectivity index (χ2n) is 6.17. The molecule has 1 fully saturated rings. The van der Waals surface area contributed by atoms with Gasteiger partial charge in [0, 0.05) is 23.7 Å². The molecule has 1 aliphatic rings. The van der Waals surface area contributed by atoms with Gasteiger partial charge in [-0.15, -0.1) is 0 Å². The normalized spacial score (nSPS) is 17.0. The predicted molar refractivity (Wildman–Crippen MR) is 97.6 cm³/mol. The van der Waals surface area contributed by atoms with Crippen LogP contribution in [0.1, 0.15) is 24.8 Å². The maximum absolute atomic E-state index is 12.6. The number of aromatic nitrogens is 2. The SMILES string of the molecule is COC(=O)N1CCCC[C@H]1C(=O)NCc1cn[nH]c1-c1ccc(Cl)cc1. The molecular formula is C18H21ClN4O3. The van der Waals surface area contributed by atoms with Gasteiger partial charge in [-0.25, -0.2) is 4.79 Å². The summed E-state index contributed by atoms with van der Waals surface area (Å²) in [5.41, 5.74) is 2.63. The van der Waals surface area contributed by atoms with Crippen LogP contribution in [0.25, 0.3) is 11.3 Å². The Morgan fingerprint density at radius 3 is 2.85 bits per heavy atom. The van der Waals surface area contributed by atoms with Crippen LogP contribution >= 0.6 is 11.6 Å². The fraction of sp³-hybridized carbons (Fsp3) is 0.389. The van der Waals surface area contributed by atoms with Crippen LogP contribution in [-0.4, -0.2) is 46.8 Å². The molecule has 1 aromatic heterocycles. The second kappa shape index (κ2) is 8.23. The number of ether oxygens (including phenoxy) is 1. The van der Waals surface area contributed by atoms with Crippen molar-refractivity contribution in [1.82, 2.24) is 20.4 Å². The number of piperidine rings is 1. The van der Waals surface area contributed by atoms with Crippen molar-refractivity contribution in [3.63, 3.8) is 0 Å². The molecule has 138 valence electrons. The van der Waals surface area contributed by atoms with Crippen molar-refractivity contribution in [1.29, 1.82) is 0 Å². The Labute approximate surface area is 156 Å². The number of benzene rings is 1. The smallest absolute Gasteiger partial charge is 0.410 e. The Kier molecular flexibility index (Phi) is 5.78. The number of amides is 2. The first kappa shape index (κ1) is 18.3. The molecule has 0 saturated carbocycles. The van der Waals surface area contributed by atoms with Crippen LogP contribution in [0.5, 0.6) is 0 Å². The van der Waals surface area contributed by atoms with Gasteiger partial charge >= 0.3 is 6.09 Å². The lowest BCUT2D eigenvalue weighted by Crippen LogP contribution is -2.51. The summed E-state index contributed by atoms with van der Waals surface area (Å²) in [5.74, 6) is -0.182. The van der Waals surface area contributed by atoms with Crippen LogP contribution in [0.15, 0.2) is 30.5 Å². The number of likely N-dealkylation sites (tertiary alicyclic amines) is 1. The first-order valence-corrected chi connectivity index (χ1v) is 8.88. The van der Waals surface area contributed by atoms with Crippen molar-refractivity contribution < 1.29 is 14.3 Å². The average molecular weight is 377 g/mol. The van der Waals surface area contributed by atoms with Crippen molar-refractivity contribution in [2.75, 3.05) is 13.7 Å². The molecule has 0 unspecified atom stereocenters. The molecule has 2 N–H and O–H groups in total. The lowest BCUT2D eigenvalue weighted by molar-refractivity contribution is -0.127. The van der Waals surface area contributed by atoms with Crippen LogP contribution < -0.4 is 5.32 Å². The maximum atomic E-state index is 12.6. The first-order chi connectivity index (χ1) is 12.6. The monoisotopic (exact) mass is 376 g/mol. The molecule has 2 heterocycles. The summed E-state index contributed by atoms with van der Waals surface area (Å²) < 4.78 is 4.79. The van der Waals surface area contributed by atoms with Crippen LogP contribution in [0.4, 0.5) is 4.79 Å². The Morgan fingerprint density at radius 1 is 1.35 bits per heavy atom. The minimum Gasteiger partial charge on any atom is -0.453 e. The highest BCUT2D eigenvalue weighted by atomic mass is 35.5. The molecule has 0 spiro atoms. The highest BCUT2D eigenvalue weighted by Crippen LogP contribution is 2.23. The molecular weight excluding hydrogens is 356 g/mol. The molecule has 2 aromatic rings. The molecule has 1 atom stereocenters. The largest absolute Gasteiger partial charge is 0.453 e. The van der Waals surface area contributed by atoms with Crippen LogP contribution in [-0.2, 0) is 16.1 Å². The van der Waals surface area contributed by atoms with Gasteiger partial charge in [-0.2, -0.15) is 5.10 Å². The number of methoxy groups -OCH3 is 1. The van der Waals surface area contributed by atoms with E-state index in [1.54, 1.807) is 18.3 Å². The Bertz CT molecular complexity index is 775. The Hall–Kier alpha value is -2.54. The minimum atomic E-state index is -0.498. The molecule has 1 aromatic carbocycles. The summed E-state index contributed by atoms with van der Waals surface area (Å²) in [6, 6.07) is 6.89. The standard InChI is InChI=1S/C18H21ClN4O3/c1-26-18(25)23-9-3-2-4-15(23)17(24)20-10-13-11-21-22-16(13)12-5-7-14(19)8-6-12/h5-8,11,15H,2-4,9-10H2,1H3,(H,20,24)(H,21,22)/t15-/m0/s1. The predicted octanol–water partition coefficient (Wildman–Crippen LogP) is 2.97. The lowest BCUT2D eigenvalue weighted by atomic mass is 10.0. The van der Waals surface area contributed by atoms with Crippen molar-refractivity contribution in [3.8, 4) is 11.3 Å². The first-order valence-electron chi connectivity index (χ1n) is 8.50. The fourth-order valence-electron chi connectivity index (χ4n) is 3.15. The summed E-state index contributed by atoms with van der Waals surface area (Å²) in [7, 11) is 1.33. The van der Waals surface area contributed by atoms with Gasteiger partial charge in [-0.3, -0.25) is 14.8 Å². The average Bonchev–Trinajstić information content (AvgIpc) is 3.14. The summed E-state index contributed by atoms with van der Waals surface area (Å²) >= 11 is 5.93. The van der Waals surface area contributed by atoms with E-state index < -0.39 is 12.1 Å². The van der Waals surface area contributed by atoms with Crippen molar-refractivity contribution in [2.45, 2.75) is 31.8 Å². The minimum absolute atomic E-state index is 0.182. The van der Waals surface area contributed by atoms with E-state index in [-0.39, 0.29) is 5.91 Å². The summed E-state index contributed by atoms with van der Waals surface area (Å²) in [4.78, 5) is 26.0. The Morgan fingerprint density at radius 2 is 2.12 bits per heavy atom. The van der Waals surface area contributed by atoms with E-state index in [1.807, 2.05) is 12.1 Å². The summed E-state index contributed by atoms with van der Waals surface area (Å²) in [6.45, 7) is 0.852. The molecule has 0 aliphatic carbocycles. The summed E-state index contributed by atoms with van der Waals surface area (Å²) in [6.07, 6.45) is 3.64. The maximum Gasteiger partial charge on any atom is 0.410 e. The van der Waals surface area contributed by atoms with Crippen LogP contribution in [0, 0.1) is 0 Å². The summed E-state index contributed by atoms with van der Waals surface area (Å²) in [5, 5.41) is 10.6. The quantitative estimate of drug-likeness (QED) is 0.858.